The van der Waals surface area contributed by atoms with Crippen molar-refractivity contribution in [2.75, 3.05) is 6.61 Å². The zero-order valence-electron chi connectivity index (χ0n) is 23.7. The van der Waals surface area contributed by atoms with Crippen molar-refractivity contribution in [2.24, 2.45) is 5.92 Å². The fourth-order valence-electron chi connectivity index (χ4n) is 4.60. The highest BCUT2D eigenvalue weighted by Crippen LogP contribution is 2.17. The van der Waals surface area contributed by atoms with Gasteiger partial charge in [-0.05, 0) is 32.1 Å². The van der Waals surface area contributed by atoms with Crippen LogP contribution in [-0.2, 0) is 14.3 Å². The molecule has 0 heterocycles. The molecule has 36 heavy (non-hydrogen) atoms. The molecule has 0 radical (unpaired) electrons. The minimum atomic E-state index is -0.904. The zero-order chi connectivity index (χ0) is 26.5. The molecule has 1 unspecified atom stereocenters. The van der Waals surface area contributed by atoms with E-state index in [1.807, 2.05) is 0 Å². The minimum absolute atomic E-state index is 0.0447. The number of aliphatic carboxylic acids is 1. The number of unbranched alkanes of at least 4 members (excludes halogenated alkanes) is 19. The van der Waals surface area contributed by atoms with E-state index in [0.29, 0.717) is 6.42 Å². The van der Waals surface area contributed by atoms with Gasteiger partial charge in [-0.3, -0.25) is 9.59 Å². The fourth-order valence-corrected chi connectivity index (χ4v) is 4.60. The number of hydrogen-bond donors (Lipinski definition) is 1. The quantitative estimate of drug-likeness (QED) is 0.0651. The van der Waals surface area contributed by atoms with E-state index in [1.54, 1.807) is 0 Å². The summed E-state index contributed by atoms with van der Waals surface area (Å²) < 4.78 is 4.90. The second kappa shape index (κ2) is 28.0. The van der Waals surface area contributed by atoms with E-state index < -0.39 is 17.9 Å². The maximum absolute atomic E-state index is 11.6. The number of ether oxygens (including phenoxy) is 1. The third-order valence-electron chi connectivity index (χ3n) is 6.94. The Kier molecular flexibility index (Phi) is 26.8. The van der Waals surface area contributed by atoms with E-state index >= 15 is 0 Å². The molecule has 0 aromatic heterocycles. The van der Waals surface area contributed by atoms with Gasteiger partial charge in [-0.15, -0.1) is 0 Å². The average molecular weight is 507 g/mol. The number of carbonyl (C=O) groups excluding carboxylic acids is 1. The molecule has 1 N–H and O–H groups in total. The Balaban J connectivity index is 3.38. The molecule has 0 aliphatic heterocycles. The Morgan fingerprint density at radius 1 is 0.694 bits per heavy atom. The average Bonchev–Trinajstić information content (AvgIpc) is 2.87. The lowest BCUT2D eigenvalue weighted by atomic mass is 9.97. The van der Waals surface area contributed by atoms with Crippen LogP contribution in [0.2, 0.25) is 0 Å². The van der Waals surface area contributed by atoms with Crippen molar-refractivity contribution in [2.45, 2.75) is 155 Å². The second-order valence-electron chi connectivity index (χ2n) is 10.4. The van der Waals surface area contributed by atoms with Crippen LogP contribution in [0.5, 0.6) is 0 Å². The van der Waals surface area contributed by atoms with Gasteiger partial charge in [0.15, 0.2) is 0 Å². The number of rotatable bonds is 28. The molecule has 0 fully saturated rings. The van der Waals surface area contributed by atoms with Gasteiger partial charge in [0.25, 0.3) is 0 Å². The smallest absolute Gasteiger partial charge is 0.307 e. The number of allylic oxidation sites excluding steroid dienone is 2. The summed E-state index contributed by atoms with van der Waals surface area (Å²) in [5, 5.41) is 9.29. The van der Waals surface area contributed by atoms with Crippen molar-refractivity contribution in [3.63, 3.8) is 0 Å². The van der Waals surface area contributed by atoms with Gasteiger partial charge in [0.05, 0.1) is 12.3 Å². The van der Waals surface area contributed by atoms with Crippen LogP contribution in [-0.4, -0.2) is 23.7 Å². The highest BCUT2D eigenvalue weighted by molar-refractivity contribution is 5.78. The molecular weight excluding hydrogens is 448 g/mol. The van der Waals surface area contributed by atoms with E-state index in [0.717, 1.165) is 19.3 Å². The van der Waals surface area contributed by atoms with Crippen LogP contribution in [0.1, 0.15) is 155 Å². The molecule has 0 rings (SSSR count). The summed E-state index contributed by atoms with van der Waals surface area (Å²) in [6.45, 7) is 5.91. The number of carboxylic acids is 1. The molecule has 0 spiro atoms. The van der Waals surface area contributed by atoms with Gasteiger partial charge >= 0.3 is 11.9 Å². The second-order valence-corrected chi connectivity index (χ2v) is 10.4. The van der Waals surface area contributed by atoms with Crippen molar-refractivity contribution in [1.82, 2.24) is 0 Å². The highest BCUT2D eigenvalue weighted by Gasteiger charge is 2.21. The van der Waals surface area contributed by atoms with Crippen molar-refractivity contribution < 1.29 is 19.4 Å². The van der Waals surface area contributed by atoms with E-state index in [9.17, 15) is 14.7 Å². The van der Waals surface area contributed by atoms with E-state index in [1.165, 1.54) is 122 Å². The largest absolute Gasteiger partial charge is 0.481 e. The molecule has 4 heteroatoms. The SMILES string of the molecule is C=CCOC(=O)CC(CCCCCCCCCC/C=C/CCCCCCCCCCCCC)C(=O)O. The highest BCUT2D eigenvalue weighted by atomic mass is 16.5. The molecule has 0 bridgehead atoms. The standard InChI is InChI=1S/C32H58O4/c1-3-5-6-7-8-9-10-11-12-13-14-15-16-17-18-19-20-21-22-23-24-25-26-27-30(32(34)35)29-31(33)36-28-4-2/h4,16-17,30H,2-3,5-15,18-29H2,1H3,(H,34,35)/b17-16+. The Morgan fingerprint density at radius 3 is 1.53 bits per heavy atom. The van der Waals surface area contributed by atoms with E-state index in [4.69, 9.17) is 4.74 Å². The molecule has 0 aromatic carbocycles. The van der Waals surface area contributed by atoms with Crippen LogP contribution in [0, 0.1) is 5.92 Å². The first-order chi connectivity index (χ1) is 17.6. The van der Waals surface area contributed by atoms with E-state index in [-0.39, 0.29) is 13.0 Å². The Morgan fingerprint density at radius 2 is 1.11 bits per heavy atom. The summed E-state index contributed by atoms with van der Waals surface area (Å²) in [6.07, 6.45) is 34.1. The molecule has 0 aliphatic carbocycles. The summed E-state index contributed by atoms with van der Waals surface area (Å²) in [7, 11) is 0. The van der Waals surface area contributed by atoms with Gasteiger partial charge in [0.1, 0.15) is 6.61 Å². The fraction of sp³-hybridized carbons (Fsp3) is 0.812. The van der Waals surface area contributed by atoms with Gasteiger partial charge in [-0.25, -0.2) is 0 Å². The van der Waals surface area contributed by atoms with E-state index in [2.05, 4.69) is 25.7 Å². The van der Waals surface area contributed by atoms with Crippen LogP contribution in [0.15, 0.2) is 24.8 Å². The topological polar surface area (TPSA) is 63.6 Å². The minimum Gasteiger partial charge on any atom is -0.481 e. The molecule has 210 valence electrons. The van der Waals surface area contributed by atoms with Crippen LogP contribution in [0.3, 0.4) is 0 Å². The van der Waals surface area contributed by atoms with Crippen molar-refractivity contribution >= 4 is 11.9 Å². The number of carbonyl (C=O) groups is 2. The van der Waals surface area contributed by atoms with Gasteiger partial charge in [-0.2, -0.15) is 0 Å². The third kappa shape index (κ3) is 25.5. The van der Waals surface area contributed by atoms with Gasteiger partial charge < -0.3 is 9.84 Å². The summed E-state index contributed by atoms with van der Waals surface area (Å²) >= 11 is 0. The predicted octanol–water partition coefficient (Wildman–Crippen LogP) is 9.96. The normalized spacial score (nSPS) is 12.1. The predicted molar refractivity (Wildman–Crippen MR) is 153 cm³/mol. The first-order valence-corrected chi connectivity index (χ1v) is 15.3. The van der Waals surface area contributed by atoms with Gasteiger partial charge in [0.2, 0.25) is 0 Å². The zero-order valence-corrected chi connectivity index (χ0v) is 23.7. The first kappa shape index (κ1) is 34.4. The summed E-state index contributed by atoms with van der Waals surface area (Å²) in [6, 6.07) is 0. The lowest BCUT2D eigenvalue weighted by molar-refractivity contribution is -0.151. The van der Waals surface area contributed by atoms with Crippen LogP contribution >= 0.6 is 0 Å². The first-order valence-electron chi connectivity index (χ1n) is 15.3. The molecule has 0 aromatic rings. The molecular formula is C32H58O4. The van der Waals surface area contributed by atoms with Crippen LogP contribution in [0.25, 0.3) is 0 Å². The Labute approximate surface area is 223 Å². The maximum Gasteiger partial charge on any atom is 0.307 e. The van der Waals surface area contributed by atoms with Crippen LogP contribution < -0.4 is 0 Å². The third-order valence-corrected chi connectivity index (χ3v) is 6.94. The summed E-state index contributed by atoms with van der Waals surface area (Å²) in [5.74, 6) is -1.99. The molecule has 0 amide bonds. The molecule has 0 saturated carbocycles. The summed E-state index contributed by atoms with van der Waals surface area (Å²) in [4.78, 5) is 22.9. The monoisotopic (exact) mass is 506 g/mol. The van der Waals surface area contributed by atoms with Gasteiger partial charge in [0, 0.05) is 0 Å². The maximum atomic E-state index is 11.6. The van der Waals surface area contributed by atoms with Crippen LogP contribution in [0.4, 0.5) is 0 Å². The molecule has 1 atom stereocenters. The van der Waals surface area contributed by atoms with Crippen molar-refractivity contribution in [3.8, 4) is 0 Å². The molecule has 4 nitrogen and oxygen atoms in total. The number of hydrogen-bond acceptors (Lipinski definition) is 3. The van der Waals surface area contributed by atoms with Crippen molar-refractivity contribution in [3.05, 3.63) is 24.8 Å². The lowest BCUT2D eigenvalue weighted by Crippen LogP contribution is -2.19. The summed E-state index contributed by atoms with van der Waals surface area (Å²) in [5.41, 5.74) is 0. The number of carboxylic acid groups (broad SMARTS) is 1. The van der Waals surface area contributed by atoms with Crippen molar-refractivity contribution in [1.29, 1.82) is 0 Å². The molecule has 0 aliphatic rings. The van der Waals surface area contributed by atoms with Gasteiger partial charge in [-0.1, -0.05) is 141 Å². The molecule has 0 saturated heterocycles. The Bertz CT molecular complexity index is 540. The Hall–Kier alpha value is -1.58. The number of esters is 1. The lowest BCUT2D eigenvalue weighted by Gasteiger charge is -2.11.